The van der Waals surface area contributed by atoms with E-state index in [1.54, 1.807) is 17.2 Å². The summed E-state index contributed by atoms with van der Waals surface area (Å²) >= 11 is 0. The summed E-state index contributed by atoms with van der Waals surface area (Å²) in [6.45, 7) is 1.73. The van der Waals surface area contributed by atoms with Gasteiger partial charge in [0.1, 0.15) is 11.5 Å². The lowest BCUT2D eigenvalue weighted by Crippen LogP contribution is -2.52. The molecular formula is C20H19FN8O2. The van der Waals surface area contributed by atoms with E-state index >= 15 is 0 Å². The Morgan fingerprint density at radius 3 is 2.68 bits per heavy atom. The molecule has 158 valence electrons. The van der Waals surface area contributed by atoms with Crippen molar-refractivity contribution in [3.63, 3.8) is 0 Å². The molecule has 31 heavy (non-hydrogen) atoms. The molecule has 0 unspecified atom stereocenters. The molecule has 1 aromatic heterocycles. The Hall–Kier alpha value is -4.07. The van der Waals surface area contributed by atoms with Crippen molar-refractivity contribution >= 4 is 24.1 Å². The van der Waals surface area contributed by atoms with Crippen LogP contribution in [0.4, 0.5) is 15.1 Å². The van der Waals surface area contributed by atoms with Gasteiger partial charge in [-0.2, -0.15) is 10.4 Å². The summed E-state index contributed by atoms with van der Waals surface area (Å²) in [5.41, 5.74) is 6.12. The number of halogens is 1. The van der Waals surface area contributed by atoms with Crippen molar-refractivity contribution in [2.45, 2.75) is 12.5 Å². The van der Waals surface area contributed by atoms with E-state index in [2.05, 4.69) is 15.1 Å². The van der Waals surface area contributed by atoms with Gasteiger partial charge in [0.25, 0.3) is 5.91 Å². The molecule has 2 aromatic rings. The zero-order chi connectivity index (χ0) is 22.0. The summed E-state index contributed by atoms with van der Waals surface area (Å²) in [4.78, 5) is 36.3. The van der Waals surface area contributed by atoms with Crippen molar-refractivity contribution in [1.29, 1.82) is 5.26 Å². The Morgan fingerprint density at radius 2 is 1.97 bits per heavy atom. The Kier molecular flexibility index (Phi) is 5.44. The van der Waals surface area contributed by atoms with E-state index in [9.17, 15) is 14.0 Å². The fourth-order valence-corrected chi connectivity index (χ4v) is 3.63. The predicted octanol–water partition coefficient (Wildman–Crippen LogP) is 1.26. The average molecular weight is 422 g/mol. The third-order valence-electron chi connectivity index (χ3n) is 5.19. The first kappa shape index (κ1) is 20.2. The van der Waals surface area contributed by atoms with Gasteiger partial charge in [0, 0.05) is 45.0 Å². The molecule has 10 nitrogen and oxygen atoms in total. The number of hydrazone groups is 1. The Labute approximate surface area is 177 Å². The van der Waals surface area contributed by atoms with Gasteiger partial charge >= 0.3 is 6.03 Å². The summed E-state index contributed by atoms with van der Waals surface area (Å²) in [5, 5.41) is 14.6. The maximum absolute atomic E-state index is 13.9. The van der Waals surface area contributed by atoms with Crippen LogP contribution in [0.3, 0.4) is 0 Å². The van der Waals surface area contributed by atoms with E-state index < -0.39 is 17.8 Å². The number of hydrogen-bond acceptors (Lipinski definition) is 7. The second-order valence-corrected chi connectivity index (χ2v) is 7.14. The number of carbonyl (C=O) groups is 2. The third-order valence-corrected chi connectivity index (χ3v) is 5.19. The summed E-state index contributed by atoms with van der Waals surface area (Å²) in [7, 11) is 0. The van der Waals surface area contributed by atoms with Gasteiger partial charge in [0.15, 0.2) is 0 Å². The highest BCUT2D eigenvalue weighted by Gasteiger charge is 2.33. The van der Waals surface area contributed by atoms with Crippen molar-refractivity contribution in [2.24, 2.45) is 10.8 Å². The maximum Gasteiger partial charge on any atom is 0.341 e. The van der Waals surface area contributed by atoms with Crippen molar-refractivity contribution < 1.29 is 14.0 Å². The number of benzene rings is 1. The van der Waals surface area contributed by atoms with Crippen LogP contribution in [0.5, 0.6) is 0 Å². The molecule has 0 radical (unpaired) electrons. The fraction of sp³-hybridized carbons (Fsp3) is 0.300. The van der Waals surface area contributed by atoms with Gasteiger partial charge in [0.2, 0.25) is 5.95 Å². The smallest absolute Gasteiger partial charge is 0.341 e. The number of urea groups is 1. The van der Waals surface area contributed by atoms with E-state index in [0.717, 1.165) is 6.07 Å². The van der Waals surface area contributed by atoms with Crippen LogP contribution in [-0.2, 0) is 0 Å². The molecule has 0 aliphatic carbocycles. The third kappa shape index (κ3) is 4.13. The number of aromatic nitrogens is 2. The molecule has 0 bridgehead atoms. The summed E-state index contributed by atoms with van der Waals surface area (Å²) in [6.07, 6.45) is 3.52. The second kappa shape index (κ2) is 8.35. The number of piperazine rings is 1. The number of rotatable bonds is 3. The van der Waals surface area contributed by atoms with Crippen molar-refractivity contribution in [3.05, 3.63) is 53.1 Å². The fourth-order valence-electron chi connectivity index (χ4n) is 3.63. The zero-order valence-corrected chi connectivity index (χ0v) is 16.5. The molecule has 11 heteroatoms. The molecule has 0 saturated carbocycles. The number of nitrogens with zero attached hydrogens (tertiary/aromatic N) is 7. The van der Waals surface area contributed by atoms with Gasteiger partial charge in [-0.1, -0.05) is 0 Å². The molecule has 1 atom stereocenters. The lowest BCUT2D eigenvalue weighted by Gasteiger charge is -2.37. The van der Waals surface area contributed by atoms with Gasteiger partial charge in [0.05, 0.1) is 17.7 Å². The van der Waals surface area contributed by atoms with Crippen molar-refractivity contribution in [3.8, 4) is 6.07 Å². The first-order chi connectivity index (χ1) is 15.0. The Balaban J connectivity index is 1.44. The minimum Gasteiger partial charge on any atom is -0.364 e. The van der Waals surface area contributed by atoms with E-state index in [1.807, 2.05) is 11.0 Å². The first-order valence-corrected chi connectivity index (χ1v) is 9.65. The molecule has 2 aliphatic heterocycles. The number of amides is 3. The topological polar surface area (TPSA) is 132 Å². The normalized spacial score (nSPS) is 18.2. The highest BCUT2D eigenvalue weighted by Crippen LogP contribution is 2.30. The minimum atomic E-state index is -0.632. The van der Waals surface area contributed by atoms with E-state index in [-0.39, 0.29) is 17.3 Å². The molecule has 3 heterocycles. The number of anilines is 1. The number of nitrogens with two attached hydrogens (primary N) is 1. The number of hydrogen-bond donors (Lipinski definition) is 1. The van der Waals surface area contributed by atoms with Crippen LogP contribution in [0, 0.1) is 17.1 Å². The average Bonchev–Trinajstić information content (AvgIpc) is 3.28. The quantitative estimate of drug-likeness (QED) is 0.792. The number of primary amides is 1. The van der Waals surface area contributed by atoms with E-state index in [1.165, 1.54) is 23.3 Å². The van der Waals surface area contributed by atoms with Crippen LogP contribution >= 0.6 is 0 Å². The molecule has 4 rings (SSSR count). The second-order valence-electron chi connectivity index (χ2n) is 7.14. The standard InChI is InChI=1S/C20H19FN8O2/c21-15-10-13(12-22)9-14(11-15)17-2-4-25-29(17)20(31)28-7-5-27(6-8-28)19-24-3-1-16(26-19)18(23)30/h1,3-4,9-11,17H,2,5-8H2,(H2,23,30)/t17-/m0/s1. The molecular weight excluding hydrogens is 403 g/mol. The van der Waals surface area contributed by atoms with Crippen LogP contribution in [-0.4, -0.2) is 64.2 Å². The lowest BCUT2D eigenvalue weighted by molar-refractivity contribution is 0.0995. The van der Waals surface area contributed by atoms with Crippen molar-refractivity contribution in [1.82, 2.24) is 19.9 Å². The molecule has 3 amide bonds. The van der Waals surface area contributed by atoms with Gasteiger partial charge in [-0.25, -0.2) is 24.2 Å². The number of nitriles is 1. The molecule has 1 fully saturated rings. The highest BCUT2D eigenvalue weighted by atomic mass is 19.1. The first-order valence-electron chi connectivity index (χ1n) is 9.65. The highest BCUT2D eigenvalue weighted by molar-refractivity contribution is 5.90. The summed E-state index contributed by atoms with van der Waals surface area (Å²) < 4.78 is 13.9. The van der Waals surface area contributed by atoms with Crippen LogP contribution in [0.2, 0.25) is 0 Å². The molecule has 0 spiro atoms. The van der Waals surface area contributed by atoms with E-state index in [0.29, 0.717) is 44.1 Å². The Bertz CT molecular complexity index is 1090. The van der Waals surface area contributed by atoms with Gasteiger partial charge in [-0.05, 0) is 29.8 Å². The van der Waals surface area contributed by atoms with Gasteiger partial charge < -0.3 is 15.5 Å². The summed E-state index contributed by atoms with van der Waals surface area (Å²) in [6, 6.07) is 6.66. The number of carbonyl (C=O) groups excluding carboxylic acids is 2. The SMILES string of the molecule is N#Cc1cc(F)cc([C@@H]2CC=NN2C(=O)N2CCN(c3nccc(C(N)=O)n3)CC2)c1. The molecule has 1 saturated heterocycles. The van der Waals surface area contributed by atoms with Crippen LogP contribution in [0.25, 0.3) is 0 Å². The lowest BCUT2D eigenvalue weighted by atomic mass is 10.0. The molecule has 1 aromatic carbocycles. The van der Waals surface area contributed by atoms with Gasteiger partial charge in [-0.3, -0.25) is 4.79 Å². The largest absolute Gasteiger partial charge is 0.364 e. The zero-order valence-electron chi connectivity index (χ0n) is 16.5. The van der Waals surface area contributed by atoms with Crippen LogP contribution in [0.15, 0.2) is 35.6 Å². The summed E-state index contributed by atoms with van der Waals surface area (Å²) in [5.74, 6) is -0.781. The van der Waals surface area contributed by atoms with Crippen molar-refractivity contribution in [2.75, 3.05) is 31.1 Å². The van der Waals surface area contributed by atoms with E-state index in [4.69, 9.17) is 11.0 Å². The monoisotopic (exact) mass is 422 g/mol. The minimum absolute atomic E-state index is 0.129. The maximum atomic E-state index is 13.9. The van der Waals surface area contributed by atoms with Crippen LogP contribution < -0.4 is 10.6 Å². The Morgan fingerprint density at radius 1 is 1.19 bits per heavy atom. The predicted molar refractivity (Wildman–Crippen MR) is 109 cm³/mol. The van der Waals surface area contributed by atoms with Gasteiger partial charge in [-0.15, -0.1) is 0 Å². The molecule has 2 N–H and O–H groups in total. The van der Waals surface area contributed by atoms with Crippen LogP contribution in [0.1, 0.15) is 34.1 Å². The molecule has 2 aliphatic rings.